The van der Waals surface area contributed by atoms with Gasteiger partial charge in [0.15, 0.2) is 0 Å². The van der Waals surface area contributed by atoms with E-state index in [4.69, 9.17) is 4.98 Å². The first-order valence-electron chi connectivity index (χ1n) is 10.9. The van der Waals surface area contributed by atoms with E-state index in [0.29, 0.717) is 12.0 Å². The molecule has 0 saturated heterocycles. The van der Waals surface area contributed by atoms with Crippen molar-refractivity contribution in [3.8, 4) is 10.6 Å². The van der Waals surface area contributed by atoms with Crippen LogP contribution >= 0.6 is 27.3 Å². The van der Waals surface area contributed by atoms with Crippen LogP contribution in [-0.4, -0.2) is 38.6 Å². The van der Waals surface area contributed by atoms with E-state index in [-0.39, 0.29) is 12.5 Å². The van der Waals surface area contributed by atoms with Gasteiger partial charge in [0.05, 0.1) is 45.0 Å². The number of hydrogen-bond acceptors (Lipinski definition) is 5. The smallest absolute Gasteiger partial charge is 0.252 e. The number of nitrogens with zero attached hydrogens (tertiary/aromatic N) is 2. The number of fused-ring (bicyclic) bond motifs is 2. The molecular weight excluding hydrogens is 512 g/mol. The number of rotatable bonds is 6. The molecule has 0 unspecified atom stereocenters. The van der Waals surface area contributed by atoms with E-state index in [1.807, 2.05) is 68.6 Å². The summed E-state index contributed by atoms with van der Waals surface area (Å²) in [7, 11) is 0. The summed E-state index contributed by atoms with van der Waals surface area (Å²) in [6.07, 6.45) is 2.45. The van der Waals surface area contributed by atoms with Gasteiger partial charge in [0, 0.05) is 27.0 Å². The zero-order valence-corrected chi connectivity index (χ0v) is 21.1. The lowest BCUT2D eigenvalue weighted by atomic mass is 10.0. The van der Waals surface area contributed by atoms with Crippen LogP contribution in [0.5, 0.6) is 0 Å². The van der Waals surface area contributed by atoms with Crippen LogP contribution in [0.15, 0.2) is 59.2 Å². The van der Waals surface area contributed by atoms with E-state index >= 15 is 0 Å². The molecule has 2 aromatic carbocycles. The summed E-state index contributed by atoms with van der Waals surface area (Å²) in [5.74, 6) is -0.246. The van der Waals surface area contributed by atoms with Crippen LogP contribution in [-0.2, 0) is 6.42 Å². The third-order valence-corrected chi connectivity index (χ3v) is 7.44. The predicted molar refractivity (Wildman–Crippen MR) is 140 cm³/mol. The van der Waals surface area contributed by atoms with E-state index in [9.17, 15) is 9.90 Å². The van der Waals surface area contributed by atoms with E-state index < -0.39 is 6.04 Å². The van der Waals surface area contributed by atoms with Gasteiger partial charge in [-0.3, -0.25) is 4.79 Å². The first kappa shape index (κ1) is 22.7. The number of aromatic amines is 1. The molecule has 0 aliphatic heterocycles. The third-order valence-electron chi connectivity index (χ3n) is 5.85. The Labute approximate surface area is 209 Å². The second kappa shape index (κ2) is 9.29. The van der Waals surface area contributed by atoms with Crippen LogP contribution < -0.4 is 5.32 Å². The first-order valence-corrected chi connectivity index (χ1v) is 12.6. The molecule has 8 heteroatoms. The van der Waals surface area contributed by atoms with Crippen molar-refractivity contribution in [2.24, 2.45) is 0 Å². The fourth-order valence-corrected chi connectivity index (χ4v) is 5.50. The van der Waals surface area contributed by atoms with Crippen molar-refractivity contribution in [1.82, 2.24) is 20.3 Å². The molecule has 34 heavy (non-hydrogen) atoms. The van der Waals surface area contributed by atoms with Crippen molar-refractivity contribution in [1.29, 1.82) is 0 Å². The number of aliphatic hydroxyl groups excluding tert-OH is 1. The van der Waals surface area contributed by atoms with E-state index in [1.54, 1.807) is 11.3 Å². The van der Waals surface area contributed by atoms with Crippen molar-refractivity contribution in [2.45, 2.75) is 26.3 Å². The van der Waals surface area contributed by atoms with E-state index in [0.717, 1.165) is 53.1 Å². The number of hydrogen-bond donors (Lipinski definition) is 3. The molecule has 0 aliphatic rings. The summed E-state index contributed by atoms with van der Waals surface area (Å²) in [6, 6.07) is 15.1. The maximum absolute atomic E-state index is 13.5. The molecule has 5 rings (SSSR count). The van der Waals surface area contributed by atoms with Crippen molar-refractivity contribution in [3.05, 3.63) is 81.0 Å². The fraction of sp³-hybridized carbons (Fsp3) is 0.192. The molecule has 0 aliphatic carbocycles. The number of benzene rings is 2. The Morgan fingerprint density at radius 1 is 1.15 bits per heavy atom. The normalized spacial score (nSPS) is 12.4. The number of thiazole rings is 1. The van der Waals surface area contributed by atoms with Gasteiger partial charge in [0.25, 0.3) is 5.91 Å². The van der Waals surface area contributed by atoms with Crippen LogP contribution in [0.25, 0.3) is 32.4 Å². The monoisotopic (exact) mass is 534 g/mol. The predicted octanol–water partition coefficient (Wildman–Crippen LogP) is 5.55. The van der Waals surface area contributed by atoms with Crippen molar-refractivity contribution >= 4 is 55.0 Å². The molecule has 0 radical (unpaired) electrons. The first-order chi connectivity index (χ1) is 16.4. The van der Waals surface area contributed by atoms with Crippen LogP contribution in [0.1, 0.15) is 26.6 Å². The van der Waals surface area contributed by atoms with Gasteiger partial charge in [0.1, 0.15) is 0 Å². The molecule has 0 bridgehead atoms. The lowest BCUT2D eigenvalue weighted by Crippen LogP contribution is -2.39. The van der Waals surface area contributed by atoms with E-state index in [2.05, 4.69) is 31.2 Å². The second-order valence-electron chi connectivity index (χ2n) is 8.28. The number of nitrogens with one attached hydrogen (secondary N) is 2. The number of carbonyl (C=O) groups is 1. The number of aliphatic hydroxyl groups is 1. The maximum atomic E-state index is 13.5. The Morgan fingerprint density at radius 3 is 2.74 bits per heavy atom. The summed E-state index contributed by atoms with van der Waals surface area (Å²) < 4.78 is 0.867. The zero-order valence-electron chi connectivity index (χ0n) is 18.7. The molecule has 172 valence electrons. The summed E-state index contributed by atoms with van der Waals surface area (Å²) in [5.41, 5.74) is 4.95. The van der Waals surface area contributed by atoms with Crippen LogP contribution in [0.4, 0.5) is 0 Å². The Morgan fingerprint density at radius 2 is 1.97 bits per heavy atom. The van der Waals surface area contributed by atoms with Gasteiger partial charge in [-0.1, -0.05) is 34.1 Å². The number of pyridine rings is 1. The number of halogens is 1. The van der Waals surface area contributed by atoms with Gasteiger partial charge in [0.2, 0.25) is 0 Å². The van der Waals surface area contributed by atoms with Crippen LogP contribution in [0, 0.1) is 13.8 Å². The van der Waals surface area contributed by atoms with Crippen molar-refractivity contribution < 1.29 is 9.90 Å². The largest absolute Gasteiger partial charge is 0.394 e. The minimum Gasteiger partial charge on any atom is -0.394 e. The Bertz CT molecular complexity index is 1520. The molecule has 0 fully saturated rings. The number of carbonyl (C=O) groups excluding carboxylic acids is 1. The molecule has 3 aromatic heterocycles. The molecular formula is C26H23BrN4O2S. The Hall–Kier alpha value is -3.07. The summed E-state index contributed by atoms with van der Waals surface area (Å²) >= 11 is 5.07. The number of amides is 1. The molecule has 6 nitrogen and oxygen atoms in total. The number of aryl methyl sites for hydroxylation is 2. The minimum absolute atomic E-state index is 0.169. The van der Waals surface area contributed by atoms with Gasteiger partial charge in [-0.05, 0) is 56.2 Å². The maximum Gasteiger partial charge on any atom is 0.252 e. The average Bonchev–Trinajstić information content (AvgIpc) is 3.39. The van der Waals surface area contributed by atoms with Crippen molar-refractivity contribution in [3.63, 3.8) is 0 Å². The molecule has 1 atom stereocenters. The molecule has 3 heterocycles. The van der Waals surface area contributed by atoms with Gasteiger partial charge in [-0.2, -0.15) is 0 Å². The van der Waals surface area contributed by atoms with Crippen molar-refractivity contribution in [2.75, 3.05) is 6.61 Å². The molecule has 5 aromatic rings. The van der Waals surface area contributed by atoms with Gasteiger partial charge >= 0.3 is 0 Å². The van der Waals surface area contributed by atoms with Crippen LogP contribution in [0.2, 0.25) is 0 Å². The molecule has 0 spiro atoms. The highest BCUT2D eigenvalue weighted by molar-refractivity contribution is 9.10. The van der Waals surface area contributed by atoms with Gasteiger partial charge in [-0.25, -0.2) is 9.97 Å². The lowest BCUT2D eigenvalue weighted by molar-refractivity contribution is 0.0918. The number of para-hydroxylation sites is 1. The SMILES string of the molecule is Cc1nc(C)c(-c2cc(C(=O)N[C@@H](CO)Cc3c[nH]c4ccccc34)c3cc(Br)ccc3n2)s1. The minimum atomic E-state index is -0.432. The van der Waals surface area contributed by atoms with Crippen LogP contribution in [0.3, 0.4) is 0 Å². The molecule has 1 amide bonds. The van der Waals surface area contributed by atoms with E-state index in [1.165, 1.54) is 0 Å². The molecule has 3 N–H and O–H groups in total. The Kier molecular flexibility index (Phi) is 6.20. The topological polar surface area (TPSA) is 90.9 Å². The standard InChI is InChI=1S/C26H23BrN4O2S/c1-14-25(34-15(2)29-14)24-11-21(20-10-17(27)7-8-23(20)31-24)26(33)30-18(13-32)9-16-12-28-22-6-4-3-5-19(16)22/h3-8,10-12,18,28,32H,9,13H2,1-2H3,(H,30,33)/t18-/m1/s1. The quantitative estimate of drug-likeness (QED) is 0.266. The highest BCUT2D eigenvalue weighted by atomic mass is 79.9. The second-order valence-corrected chi connectivity index (χ2v) is 10.4. The Balaban J connectivity index is 1.51. The lowest BCUT2D eigenvalue weighted by Gasteiger charge is -2.17. The number of aromatic nitrogens is 3. The third kappa shape index (κ3) is 4.36. The highest BCUT2D eigenvalue weighted by Gasteiger charge is 2.20. The van der Waals surface area contributed by atoms with Gasteiger partial charge in [-0.15, -0.1) is 11.3 Å². The van der Waals surface area contributed by atoms with Gasteiger partial charge < -0.3 is 15.4 Å². The average molecular weight is 535 g/mol. The summed E-state index contributed by atoms with van der Waals surface area (Å²) in [4.78, 5) is 27.1. The summed E-state index contributed by atoms with van der Waals surface area (Å²) in [5, 5.41) is 15.9. The highest BCUT2D eigenvalue weighted by Crippen LogP contribution is 2.32. The zero-order chi connectivity index (χ0) is 23.8. The number of H-pyrrole nitrogens is 1. The summed E-state index contributed by atoms with van der Waals surface area (Å²) in [6.45, 7) is 3.75. The molecule has 0 saturated carbocycles. The fourth-order valence-electron chi connectivity index (χ4n) is 4.26.